The summed E-state index contributed by atoms with van der Waals surface area (Å²) in [4.78, 5) is 4.85. The maximum atomic E-state index is 2.43. The van der Waals surface area contributed by atoms with Crippen LogP contribution >= 0.6 is 0 Å². The van der Waals surface area contributed by atoms with Gasteiger partial charge in [0.15, 0.2) is 0 Å². The van der Waals surface area contributed by atoms with Gasteiger partial charge in [-0.3, -0.25) is 0 Å². The highest BCUT2D eigenvalue weighted by Crippen LogP contribution is 2.52. The number of rotatable bonds is 9. The van der Waals surface area contributed by atoms with Gasteiger partial charge in [-0.05, 0) is 147 Å². The summed E-state index contributed by atoms with van der Waals surface area (Å²) < 4.78 is 2.42. The summed E-state index contributed by atoms with van der Waals surface area (Å²) in [5.41, 5.74) is 21.3. The number of aromatic nitrogens is 1. The van der Waals surface area contributed by atoms with Gasteiger partial charge in [-0.2, -0.15) is 0 Å². The summed E-state index contributed by atoms with van der Waals surface area (Å²) in [6, 6.07) is 89.3. The van der Waals surface area contributed by atoms with Crippen molar-refractivity contribution in [1.29, 1.82) is 0 Å². The molecule has 0 saturated carbocycles. The normalized spacial score (nSPS) is 12.8. The predicted octanol–water partition coefficient (Wildman–Crippen LogP) is 18.7. The molecule has 0 N–H and O–H groups in total. The third-order valence-corrected chi connectivity index (χ3v) is 14.5. The lowest BCUT2D eigenvalue weighted by Gasteiger charge is -2.31. The molecule has 0 radical (unpaired) electrons. The topological polar surface area (TPSA) is 11.4 Å². The molecule has 1 aromatic heterocycles. The largest absolute Gasteiger partial charge is 0.310 e. The first-order chi connectivity index (χ1) is 34.1. The highest BCUT2D eigenvalue weighted by molar-refractivity contribution is 6.11. The van der Waals surface area contributed by atoms with Gasteiger partial charge in [-0.15, -0.1) is 0 Å². The van der Waals surface area contributed by atoms with Gasteiger partial charge < -0.3 is 14.4 Å². The van der Waals surface area contributed by atoms with Crippen LogP contribution in [0.2, 0.25) is 0 Å². The van der Waals surface area contributed by atoms with E-state index in [1.807, 2.05) is 0 Å². The number of fused-ring (bicyclic) bond motifs is 6. The van der Waals surface area contributed by atoms with Crippen molar-refractivity contribution in [1.82, 2.24) is 4.57 Å². The Morgan fingerprint density at radius 1 is 0.357 bits per heavy atom. The third-order valence-electron chi connectivity index (χ3n) is 14.5. The van der Waals surface area contributed by atoms with Gasteiger partial charge in [0.05, 0.1) is 16.7 Å². The molecule has 0 saturated heterocycles. The SMILES string of the molecule is CC(C)(C)c1ccc(-n2c3ccccc3c3cc(-c4cc(N(c5ccccc5)c5ccc6c(c5)C(C)(C)c5ccccc5-6)ccc4N(c4ccccc4)c4ccc(-c5ccccc5)cc4)ccc32)cc1. The van der Waals surface area contributed by atoms with Crippen LogP contribution in [-0.2, 0) is 10.8 Å². The van der Waals surface area contributed by atoms with Crippen molar-refractivity contribution < 1.29 is 0 Å². The zero-order chi connectivity index (χ0) is 47.6. The Bertz CT molecular complexity index is 3690. The second-order valence-electron chi connectivity index (χ2n) is 20.2. The van der Waals surface area contributed by atoms with Crippen LogP contribution in [0.1, 0.15) is 51.3 Å². The molecule has 3 nitrogen and oxygen atoms in total. The van der Waals surface area contributed by atoms with Gasteiger partial charge >= 0.3 is 0 Å². The van der Waals surface area contributed by atoms with Crippen molar-refractivity contribution in [3.05, 3.63) is 259 Å². The molecule has 0 atom stereocenters. The molecular formula is C67H55N3. The first-order valence-electron chi connectivity index (χ1n) is 24.5. The second kappa shape index (κ2) is 17.0. The van der Waals surface area contributed by atoms with Gasteiger partial charge in [0.1, 0.15) is 0 Å². The Morgan fingerprint density at radius 2 is 0.886 bits per heavy atom. The van der Waals surface area contributed by atoms with Crippen LogP contribution in [0.5, 0.6) is 0 Å². The van der Waals surface area contributed by atoms with Gasteiger partial charge in [0, 0.05) is 55.9 Å². The van der Waals surface area contributed by atoms with E-state index in [4.69, 9.17) is 0 Å². The Labute approximate surface area is 412 Å². The van der Waals surface area contributed by atoms with Crippen molar-refractivity contribution in [3.8, 4) is 39.1 Å². The molecular weight excluding hydrogens is 847 g/mol. The van der Waals surface area contributed by atoms with Crippen LogP contribution in [0.25, 0.3) is 60.9 Å². The van der Waals surface area contributed by atoms with Gasteiger partial charge in [0.25, 0.3) is 0 Å². The highest BCUT2D eigenvalue weighted by atomic mass is 15.2. The number of anilines is 6. The Balaban J connectivity index is 1.08. The number of para-hydroxylation sites is 3. The van der Waals surface area contributed by atoms with E-state index in [9.17, 15) is 0 Å². The van der Waals surface area contributed by atoms with Crippen molar-refractivity contribution >= 4 is 55.9 Å². The van der Waals surface area contributed by atoms with Gasteiger partial charge in [-0.1, -0.05) is 180 Å². The van der Waals surface area contributed by atoms with E-state index in [-0.39, 0.29) is 10.8 Å². The minimum Gasteiger partial charge on any atom is -0.310 e. The highest BCUT2D eigenvalue weighted by Gasteiger charge is 2.36. The van der Waals surface area contributed by atoms with E-state index < -0.39 is 0 Å². The molecule has 338 valence electrons. The molecule has 1 aliphatic rings. The van der Waals surface area contributed by atoms with Crippen LogP contribution in [-0.4, -0.2) is 4.57 Å². The van der Waals surface area contributed by atoms with Crippen molar-refractivity contribution in [2.75, 3.05) is 9.80 Å². The van der Waals surface area contributed by atoms with Crippen LogP contribution in [0.4, 0.5) is 34.1 Å². The number of nitrogens with zero attached hydrogens (tertiary/aromatic N) is 3. The first-order valence-corrected chi connectivity index (χ1v) is 24.5. The molecule has 0 amide bonds. The Hall–Kier alpha value is -8.40. The Kier molecular flexibility index (Phi) is 10.4. The molecule has 0 fully saturated rings. The Morgan fingerprint density at radius 3 is 1.60 bits per heavy atom. The molecule has 0 aliphatic heterocycles. The molecule has 3 heteroatoms. The standard InChI is InChI=1S/C67H55N3/c1-66(2,3)49-32-36-53(37-33-49)70-63-28-18-16-26-58(63)60-43-48(31-41-65(60)70)59-44-54(39-42-64(59)69(51-23-13-8-14-24-51)52-34-29-47(30-35-52)46-19-9-6-10-20-46)68(50-21-11-7-12-22-50)55-38-40-57-56-25-15-17-27-61(56)67(4,5)62(57)45-55/h6-45H,1-5H3. The summed E-state index contributed by atoms with van der Waals surface area (Å²) in [6.45, 7) is 11.5. The predicted molar refractivity (Wildman–Crippen MR) is 297 cm³/mol. The number of hydrogen-bond donors (Lipinski definition) is 0. The molecule has 12 rings (SSSR count). The van der Waals surface area contributed by atoms with Crippen molar-refractivity contribution in [2.24, 2.45) is 0 Å². The maximum absolute atomic E-state index is 2.43. The first kappa shape index (κ1) is 42.9. The average Bonchev–Trinajstić information content (AvgIpc) is 3.85. The number of hydrogen-bond acceptors (Lipinski definition) is 2. The lowest BCUT2D eigenvalue weighted by atomic mass is 9.82. The van der Waals surface area contributed by atoms with Crippen LogP contribution in [0.3, 0.4) is 0 Å². The summed E-state index contributed by atoms with van der Waals surface area (Å²) in [6.07, 6.45) is 0. The molecule has 1 heterocycles. The van der Waals surface area contributed by atoms with Crippen LogP contribution < -0.4 is 9.80 Å². The zero-order valence-corrected chi connectivity index (χ0v) is 40.4. The van der Waals surface area contributed by atoms with E-state index in [0.717, 1.165) is 50.9 Å². The third kappa shape index (κ3) is 7.37. The van der Waals surface area contributed by atoms with Gasteiger partial charge in [-0.25, -0.2) is 0 Å². The van der Waals surface area contributed by atoms with Crippen molar-refractivity contribution in [2.45, 2.75) is 45.4 Å². The summed E-state index contributed by atoms with van der Waals surface area (Å²) in [5.74, 6) is 0. The molecule has 0 unspecified atom stereocenters. The minimum atomic E-state index is -0.144. The smallest absolute Gasteiger partial charge is 0.0541 e. The molecule has 0 spiro atoms. The van der Waals surface area contributed by atoms with E-state index in [1.54, 1.807) is 0 Å². The molecule has 70 heavy (non-hydrogen) atoms. The summed E-state index contributed by atoms with van der Waals surface area (Å²) in [5, 5.41) is 2.43. The van der Waals surface area contributed by atoms with E-state index >= 15 is 0 Å². The number of benzene rings is 10. The molecule has 0 bridgehead atoms. The molecule has 1 aliphatic carbocycles. The zero-order valence-electron chi connectivity index (χ0n) is 40.4. The lowest BCUT2D eigenvalue weighted by molar-refractivity contribution is 0.590. The van der Waals surface area contributed by atoms with Crippen LogP contribution in [0.15, 0.2) is 243 Å². The van der Waals surface area contributed by atoms with E-state index in [2.05, 4.69) is 292 Å². The van der Waals surface area contributed by atoms with Crippen molar-refractivity contribution in [3.63, 3.8) is 0 Å². The monoisotopic (exact) mass is 901 g/mol. The second-order valence-corrected chi connectivity index (χ2v) is 20.2. The van der Waals surface area contributed by atoms with E-state index in [1.165, 1.54) is 60.8 Å². The molecule has 11 aromatic rings. The lowest BCUT2D eigenvalue weighted by Crippen LogP contribution is -2.17. The van der Waals surface area contributed by atoms with E-state index in [0.29, 0.717) is 0 Å². The average molecular weight is 902 g/mol. The molecule has 10 aromatic carbocycles. The quantitative estimate of drug-likeness (QED) is 0.143. The summed E-state index contributed by atoms with van der Waals surface area (Å²) >= 11 is 0. The van der Waals surface area contributed by atoms with Crippen LogP contribution in [0, 0.1) is 0 Å². The minimum absolute atomic E-state index is 0.0666. The maximum Gasteiger partial charge on any atom is 0.0541 e. The summed E-state index contributed by atoms with van der Waals surface area (Å²) in [7, 11) is 0. The fourth-order valence-corrected chi connectivity index (χ4v) is 10.9. The fraction of sp³-hybridized carbons (Fsp3) is 0.104. The van der Waals surface area contributed by atoms with Gasteiger partial charge in [0.2, 0.25) is 0 Å². The fourth-order valence-electron chi connectivity index (χ4n) is 10.9.